The fourth-order valence-corrected chi connectivity index (χ4v) is 5.09. The highest BCUT2D eigenvalue weighted by atomic mass is 16.6. The molecule has 0 radical (unpaired) electrons. The number of esters is 1. The minimum atomic E-state index is -0.510. The van der Waals surface area contributed by atoms with Crippen LogP contribution < -0.4 is 4.74 Å². The van der Waals surface area contributed by atoms with Gasteiger partial charge in [0, 0.05) is 44.2 Å². The summed E-state index contributed by atoms with van der Waals surface area (Å²) >= 11 is 0. The van der Waals surface area contributed by atoms with E-state index in [1.54, 1.807) is 30.6 Å². The van der Waals surface area contributed by atoms with Crippen molar-refractivity contribution in [1.82, 2.24) is 14.7 Å². The van der Waals surface area contributed by atoms with Gasteiger partial charge < -0.3 is 28.9 Å². The third-order valence-electron chi connectivity index (χ3n) is 7.30. The molecule has 2 heterocycles. The number of carbonyl (C=O) groups is 4. The molecule has 0 spiro atoms. The minimum absolute atomic E-state index is 0.0274. The Hall–Kier alpha value is -4.34. The molecule has 0 aliphatic carbocycles. The molecule has 2 aromatic rings. The molecule has 0 aromatic heterocycles. The first-order valence-electron chi connectivity index (χ1n) is 14.0. The fraction of sp³-hybridized carbons (Fsp3) is 0.419. The number of hydrogen-bond acceptors (Lipinski definition) is 7. The van der Waals surface area contributed by atoms with Crippen molar-refractivity contribution in [3.8, 4) is 5.75 Å². The first-order chi connectivity index (χ1) is 19.8. The van der Waals surface area contributed by atoms with Crippen molar-refractivity contribution < 1.29 is 33.4 Å². The number of carbonyl (C=O) groups excluding carboxylic acids is 4. The molecule has 3 amide bonds. The molecule has 4 rings (SSSR count). The maximum Gasteiger partial charge on any atom is 0.409 e. The van der Waals surface area contributed by atoms with Crippen LogP contribution in [0, 0.1) is 0 Å². The Morgan fingerprint density at radius 1 is 0.854 bits per heavy atom. The Balaban J connectivity index is 1.47. The summed E-state index contributed by atoms with van der Waals surface area (Å²) in [5.41, 5.74) is 2.61. The summed E-state index contributed by atoms with van der Waals surface area (Å²) in [6, 6.07) is 17.2. The number of amides is 3. The molecular weight excluding hydrogens is 526 g/mol. The Morgan fingerprint density at radius 2 is 1.49 bits per heavy atom. The topological polar surface area (TPSA) is 106 Å². The van der Waals surface area contributed by atoms with Crippen molar-refractivity contribution in [2.75, 3.05) is 45.9 Å². The molecule has 1 unspecified atom stereocenters. The average Bonchev–Trinajstić information content (AvgIpc) is 2.99. The summed E-state index contributed by atoms with van der Waals surface area (Å²) in [5, 5.41) is 0. The van der Waals surface area contributed by atoms with Gasteiger partial charge in [0.2, 0.25) is 11.8 Å². The van der Waals surface area contributed by atoms with Crippen LogP contribution >= 0.6 is 0 Å². The molecule has 2 aliphatic heterocycles. The second-order valence-corrected chi connectivity index (χ2v) is 9.87. The van der Waals surface area contributed by atoms with Crippen molar-refractivity contribution in [3.63, 3.8) is 0 Å². The zero-order chi connectivity index (χ0) is 29.4. The Kier molecular flexibility index (Phi) is 10.00. The molecule has 0 N–H and O–H groups in total. The SMILES string of the molecule is CCOC(=O)C1=C(C)N(CC(=O)N2CCN(C(=O)OCC)CC2)C(=O)CC1c1ccc(OCc2ccccc2)cc1. The van der Waals surface area contributed by atoms with Crippen molar-refractivity contribution >= 4 is 23.9 Å². The van der Waals surface area contributed by atoms with E-state index < -0.39 is 18.0 Å². The van der Waals surface area contributed by atoms with Gasteiger partial charge in [0.15, 0.2) is 0 Å². The van der Waals surface area contributed by atoms with Crippen molar-refractivity contribution in [1.29, 1.82) is 0 Å². The van der Waals surface area contributed by atoms with Gasteiger partial charge in [0.25, 0.3) is 0 Å². The van der Waals surface area contributed by atoms with Gasteiger partial charge in [-0.15, -0.1) is 0 Å². The normalized spacial score (nSPS) is 17.4. The number of ether oxygens (including phenoxy) is 3. The summed E-state index contributed by atoms with van der Waals surface area (Å²) in [5.74, 6) is -0.837. The summed E-state index contributed by atoms with van der Waals surface area (Å²) < 4.78 is 16.3. The predicted molar refractivity (Wildman–Crippen MR) is 151 cm³/mol. The standard InChI is InChI=1S/C31H37N3O7/c1-4-39-30(37)29-22(3)34(20-28(36)32-15-17-33(18-16-32)31(38)40-5-2)27(35)19-26(29)24-11-13-25(14-12-24)41-21-23-9-7-6-8-10-23/h6-14,26H,4-5,15-21H2,1-3H3. The Bertz CT molecular complexity index is 1270. The first kappa shape index (κ1) is 29.6. The molecular formula is C31H37N3O7. The maximum atomic E-state index is 13.3. The number of benzene rings is 2. The molecule has 1 saturated heterocycles. The van der Waals surface area contributed by atoms with Gasteiger partial charge in [-0.3, -0.25) is 9.59 Å². The van der Waals surface area contributed by atoms with Crippen LogP contribution in [0.15, 0.2) is 65.9 Å². The van der Waals surface area contributed by atoms with Crippen LogP contribution in [0.3, 0.4) is 0 Å². The number of nitrogens with zero attached hydrogens (tertiary/aromatic N) is 3. The van der Waals surface area contributed by atoms with Crippen LogP contribution in [0.1, 0.15) is 44.2 Å². The summed E-state index contributed by atoms with van der Waals surface area (Å²) in [7, 11) is 0. The highest BCUT2D eigenvalue weighted by molar-refractivity contribution is 5.97. The number of hydrogen-bond donors (Lipinski definition) is 0. The molecule has 2 aliphatic rings. The van der Waals surface area contributed by atoms with Crippen LogP contribution in [-0.4, -0.2) is 84.5 Å². The van der Waals surface area contributed by atoms with Crippen LogP contribution in [0.2, 0.25) is 0 Å². The van der Waals surface area contributed by atoms with E-state index in [2.05, 4.69) is 0 Å². The van der Waals surface area contributed by atoms with E-state index in [1.807, 2.05) is 54.6 Å². The van der Waals surface area contributed by atoms with Crippen LogP contribution in [0.25, 0.3) is 0 Å². The van der Waals surface area contributed by atoms with Gasteiger partial charge in [0.1, 0.15) is 18.9 Å². The van der Waals surface area contributed by atoms with Gasteiger partial charge >= 0.3 is 12.1 Å². The lowest BCUT2D eigenvalue weighted by molar-refractivity contribution is -0.143. The minimum Gasteiger partial charge on any atom is -0.489 e. The molecule has 1 atom stereocenters. The number of allylic oxidation sites excluding steroid dienone is 1. The fourth-order valence-electron chi connectivity index (χ4n) is 5.09. The van der Waals surface area contributed by atoms with E-state index in [9.17, 15) is 19.2 Å². The van der Waals surface area contributed by atoms with Crippen molar-refractivity contribution in [3.05, 3.63) is 77.0 Å². The molecule has 0 bridgehead atoms. The van der Waals surface area contributed by atoms with E-state index >= 15 is 0 Å². The molecule has 1 fully saturated rings. The van der Waals surface area contributed by atoms with Crippen molar-refractivity contribution in [2.24, 2.45) is 0 Å². The summed E-state index contributed by atoms with van der Waals surface area (Å²) in [4.78, 5) is 56.2. The molecule has 2 aromatic carbocycles. The predicted octanol–water partition coefficient (Wildman–Crippen LogP) is 3.72. The van der Waals surface area contributed by atoms with Crippen molar-refractivity contribution in [2.45, 2.75) is 39.7 Å². The zero-order valence-electron chi connectivity index (χ0n) is 23.8. The van der Waals surface area contributed by atoms with E-state index in [-0.39, 0.29) is 38.0 Å². The molecule has 0 saturated carbocycles. The Labute approximate surface area is 240 Å². The van der Waals surface area contributed by atoms with Gasteiger partial charge in [-0.25, -0.2) is 9.59 Å². The van der Waals surface area contributed by atoms with E-state index in [1.165, 1.54) is 4.90 Å². The number of piperazine rings is 1. The van der Waals surface area contributed by atoms with E-state index in [4.69, 9.17) is 14.2 Å². The van der Waals surface area contributed by atoms with Gasteiger partial charge in [-0.05, 0) is 44.0 Å². The monoisotopic (exact) mass is 563 g/mol. The molecule has 10 heteroatoms. The highest BCUT2D eigenvalue weighted by Crippen LogP contribution is 2.37. The van der Waals surface area contributed by atoms with E-state index in [0.29, 0.717) is 49.8 Å². The van der Waals surface area contributed by atoms with Crippen LogP contribution in [0.4, 0.5) is 4.79 Å². The summed E-state index contributed by atoms with van der Waals surface area (Å²) in [6.07, 6.45) is -0.370. The largest absolute Gasteiger partial charge is 0.489 e. The summed E-state index contributed by atoms with van der Waals surface area (Å²) in [6.45, 7) is 7.26. The zero-order valence-corrected chi connectivity index (χ0v) is 23.8. The van der Waals surface area contributed by atoms with Gasteiger partial charge in [0.05, 0.1) is 18.8 Å². The second kappa shape index (κ2) is 13.8. The quantitative estimate of drug-likeness (QED) is 0.428. The van der Waals surface area contributed by atoms with E-state index in [0.717, 1.165) is 11.1 Å². The maximum absolute atomic E-state index is 13.3. The highest BCUT2D eigenvalue weighted by Gasteiger charge is 2.38. The third-order valence-corrected chi connectivity index (χ3v) is 7.30. The van der Waals surface area contributed by atoms with Gasteiger partial charge in [-0.2, -0.15) is 0 Å². The molecule has 218 valence electrons. The van der Waals surface area contributed by atoms with Crippen LogP contribution in [0.5, 0.6) is 5.75 Å². The lowest BCUT2D eigenvalue weighted by Gasteiger charge is -2.37. The molecule has 41 heavy (non-hydrogen) atoms. The Morgan fingerprint density at radius 3 is 2.12 bits per heavy atom. The smallest absolute Gasteiger partial charge is 0.409 e. The van der Waals surface area contributed by atoms with Gasteiger partial charge in [-0.1, -0.05) is 42.5 Å². The average molecular weight is 564 g/mol. The third kappa shape index (κ3) is 7.25. The lowest BCUT2D eigenvalue weighted by atomic mass is 9.83. The number of rotatable bonds is 9. The first-order valence-corrected chi connectivity index (χ1v) is 14.0. The lowest BCUT2D eigenvalue weighted by Crippen LogP contribution is -2.53. The molecule has 10 nitrogen and oxygen atoms in total. The second-order valence-electron chi connectivity index (χ2n) is 9.87. The van der Waals surface area contributed by atoms with Crippen LogP contribution in [-0.2, 0) is 30.5 Å².